The minimum Gasteiger partial charge on any atom is -0.397 e. The van der Waals surface area contributed by atoms with Crippen LogP contribution >= 0.6 is 0 Å². The lowest BCUT2D eigenvalue weighted by molar-refractivity contribution is 0.100. The van der Waals surface area contributed by atoms with Gasteiger partial charge in [0, 0.05) is 13.1 Å². The van der Waals surface area contributed by atoms with Crippen molar-refractivity contribution in [2.24, 2.45) is 5.73 Å². The number of pyridine rings is 1. The minimum absolute atomic E-state index is 0.0854. The summed E-state index contributed by atoms with van der Waals surface area (Å²) in [7, 11) is 0. The Kier molecular flexibility index (Phi) is 4.68. The number of aliphatic hydroxyl groups excluding tert-OH is 2. The Hall–Kier alpha value is -1.86. The highest BCUT2D eigenvalue weighted by Crippen LogP contribution is 2.17. The summed E-state index contributed by atoms with van der Waals surface area (Å²) in [4.78, 5) is 16.8. The molecular weight excluding hydrogens is 224 g/mol. The topological polar surface area (TPSA) is 126 Å². The van der Waals surface area contributed by atoms with Gasteiger partial charge in [0.2, 0.25) is 0 Å². The van der Waals surface area contributed by atoms with Gasteiger partial charge in [-0.1, -0.05) is 0 Å². The second-order valence-electron chi connectivity index (χ2n) is 3.43. The van der Waals surface area contributed by atoms with Gasteiger partial charge in [-0.3, -0.25) is 4.79 Å². The van der Waals surface area contributed by atoms with Crippen molar-refractivity contribution in [2.45, 2.75) is 0 Å². The molecule has 1 aromatic rings. The lowest BCUT2D eigenvalue weighted by atomic mass is 10.2. The molecule has 1 amide bonds. The summed E-state index contributed by atoms with van der Waals surface area (Å²) in [6.45, 7) is 0.432. The van der Waals surface area contributed by atoms with Crippen molar-refractivity contribution < 1.29 is 15.0 Å². The number of aliphatic hydroxyl groups is 2. The van der Waals surface area contributed by atoms with Crippen molar-refractivity contribution in [1.82, 2.24) is 4.98 Å². The van der Waals surface area contributed by atoms with Crippen LogP contribution in [-0.2, 0) is 0 Å². The molecule has 0 bridgehead atoms. The number of hydrogen-bond acceptors (Lipinski definition) is 6. The van der Waals surface area contributed by atoms with E-state index in [0.29, 0.717) is 18.9 Å². The first kappa shape index (κ1) is 13.2. The van der Waals surface area contributed by atoms with Gasteiger partial charge >= 0.3 is 0 Å². The highest BCUT2D eigenvalue weighted by molar-refractivity contribution is 5.98. The van der Waals surface area contributed by atoms with Gasteiger partial charge in [-0.05, 0) is 6.07 Å². The van der Waals surface area contributed by atoms with Gasteiger partial charge in [0.15, 0.2) is 0 Å². The molecule has 0 aliphatic heterocycles. The van der Waals surface area contributed by atoms with Crippen molar-refractivity contribution >= 4 is 17.4 Å². The molecule has 0 aromatic carbocycles. The van der Waals surface area contributed by atoms with E-state index in [9.17, 15) is 4.79 Å². The summed E-state index contributed by atoms with van der Waals surface area (Å²) in [6, 6.07) is 1.45. The molecule has 1 aromatic heterocycles. The third kappa shape index (κ3) is 3.30. The number of carbonyl (C=O) groups is 1. The molecule has 7 heteroatoms. The maximum atomic E-state index is 11.1. The maximum Gasteiger partial charge on any atom is 0.250 e. The van der Waals surface area contributed by atoms with Gasteiger partial charge in [-0.2, -0.15) is 0 Å². The number of amides is 1. The standard InChI is InChI=1S/C10H16N4O3/c11-8-6-13-9(5-7(8)10(12)17)14(1-3-15)2-4-16/h5-6,15-16H,1-4,11H2,(H2,12,17). The predicted molar refractivity (Wildman–Crippen MR) is 63.6 cm³/mol. The Labute approximate surface area is 98.7 Å². The Bertz CT molecular complexity index is 391. The van der Waals surface area contributed by atoms with E-state index in [1.807, 2.05) is 0 Å². The van der Waals surface area contributed by atoms with E-state index in [1.54, 1.807) is 4.90 Å². The van der Waals surface area contributed by atoms with Crippen LogP contribution in [0.25, 0.3) is 0 Å². The van der Waals surface area contributed by atoms with Crippen LogP contribution in [0.4, 0.5) is 11.5 Å². The third-order valence-corrected chi connectivity index (χ3v) is 2.25. The summed E-state index contributed by atoms with van der Waals surface area (Å²) in [6.07, 6.45) is 1.33. The van der Waals surface area contributed by atoms with Crippen LogP contribution in [0.15, 0.2) is 12.3 Å². The smallest absolute Gasteiger partial charge is 0.250 e. The fourth-order valence-electron chi connectivity index (χ4n) is 1.42. The summed E-state index contributed by atoms with van der Waals surface area (Å²) in [5, 5.41) is 17.8. The first-order chi connectivity index (χ1) is 8.10. The summed E-state index contributed by atoms with van der Waals surface area (Å²) in [5.74, 6) is -0.199. The molecule has 0 saturated heterocycles. The summed E-state index contributed by atoms with van der Waals surface area (Å²) < 4.78 is 0. The van der Waals surface area contributed by atoms with E-state index in [4.69, 9.17) is 21.7 Å². The molecule has 17 heavy (non-hydrogen) atoms. The molecule has 0 spiro atoms. The van der Waals surface area contributed by atoms with Crippen molar-refractivity contribution in [3.8, 4) is 0 Å². The number of anilines is 2. The Morgan fingerprint density at radius 1 is 1.35 bits per heavy atom. The van der Waals surface area contributed by atoms with E-state index >= 15 is 0 Å². The average Bonchev–Trinajstić information content (AvgIpc) is 2.29. The number of aromatic nitrogens is 1. The fourth-order valence-corrected chi connectivity index (χ4v) is 1.42. The van der Waals surface area contributed by atoms with Crippen LogP contribution in [0.1, 0.15) is 10.4 Å². The largest absolute Gasteiger partial charge is 0.397 e. The number of nitrogens with zero attached hydrogens (tertiary/aromatic N) is 2. The van der Waals surface area contributed by atoms with E-state index in [0.717, 1.165) is 0 Å². The van der Waals surface area contributed by atoms with Gasteiger partial charge in [0.1, 0.15) is 5.82 Å². The molecular formula is C10H16N4O3. The van der Waals surface area contributed by atoms with Crippen LogP contribution in [0.3, 0.4) is 0 Å². The minimum atomic E-state index is -0.640. The quantitative estimate of drug-likeness (QED) is 0.482. The first-order valence-corrected chi connectivity index (χ1v) is 5.12. The van der Waals surface area contributed by atoms with E-state index in [2.05, 4.69) is 4.98 Å². The molecule has 0 saturated carbocycles. The number of primary amides is 1. The Balaban J connectivity index is 3.03. The highest BCUT2D eigenvalue weighted by Gasteiger charge is 2.12. The van der Waals surface area contributed by atoms with Gasteiger partial charge in [0.05, 0.1) is 30.7 Å². The molecule has 0 aliphatic carbocycles. The number of rotatable bonds is 6. The van der Waals surface area contributed by atoms with Crippen LogP contribution < -0.4 is 16.4 Å². The first-order valence-electron chi connectivity index (χ1n) is 5.12. The Morgan fingerprint density at radius 2 is 1.94 bits per heavy atom. The van der Waals surface area contributed by atoms with E-state index < -0.39 is 5.91 Å². The average molecular weight is 240 g/mol. The van der Waals surface area contributed by atoms with Crippen molar-refractivity contribution in [3.63, 3.8) is 0 Å². The molecule has 1 rings (SSSR count). The molecule has 6 N–H and O–H groups in total. The molecule has 7 nitrogen and oxygen atoms in total. The van der Waals surface area contributed by atoms with Crippen LogP contribution in [0.5, 0.6) is 0 Å². The second kappa shape index (κ2) is 6.02. The Morgan fingerprint density at radius 3 is 2.41 bits per heavy atom. The highest BCUT2D eigenvalue weighted by atomic mass is 16.3. The SMILES string of the molecule is NC(=O)c1cc(N(CCO)CCO)ncc1N. The second-order valence-corrected chi connectivity index (χ2v) is 3.43. The van der Waals surface area contributed by atoms with Crippen molar-refractivity contribution in [3.05, 3.63) is 17.8 Å². The molecule has 1 heterocycles. The number of carbonyl (C=O) groups excluding carboxylic acids is 1. The van der Waals surface area contributed by atoms with Gasteiger partial charge in [0.25, 0.3) is 5.91 Å². The van der Waals surface area contributed by atoms with Gasteiger partial charge in [-0.25, -0.2) is 4.98 Å². The monoisotopic (exact) mass is 240 g/mol. The van der Waals surface area contributed by atoms with Crippen molar-refractivity contribution in [1.29, 1.82) is 0 Å². The van der Waals surface area contributed by atoms with Crippen molar-refractivity contribution in [2.75, 3.05) is 36.9 Å². The number of nitrogens with two attached hydrogens (primary N) is 2. The fraction of sp³-hybridized carbons (Fsp3) is 0.400. The predicted octanol–water partition coefficient (Wildman–Crippen LogP) is -1.45. The molecule has 0 radical (unpaired) electrons. The van der Waals surface area contributed by atoms with E-state index in [-0.39, 0.29) is 24.5 Å². The molecule has 0 unspecified atom stereocenters. The normalized spacial score (nSPS) is 10.2. The number of nitrogen functional groups attached to an aromatic ring is 1. The molecule has 0 fully saturated rings. The summed E-state index contributed by atoms with van der Waals surface area (Å²) in [5.41, 5.74) is 11.1. The zero-order valence-corrected chi connectivity index (χ0v) is 9.33. The van der Waals surface area contributed by atoms with Crippen LogP contribution in [0.2, 0.25) is 0 Å². The van der Waals surface area contributed by atoms with Crippen LogP contribution in [-0.4, -0.2) is 47.4 Å². The van der Waals surface area contributed by atoms with Crippen LogP contribution in [0, 0.1) is 0 Å². The zero-order valence-electron chi connectivity index (χ0n) is 9.33. The van der Waals surface area contributed by atoms with Gasteiger partial charge < -0.3 is 26.6 Å². The molecule has 94 valence electrons. The lowest BCUT2D eigenvalue weighted by Gasteiger charge is -2.22. The maximum absolute atomic E-state index is 11.1. The summed E-state index contributed by atoms with van der Waals surface area (Å²) >= 11 is 0. The molecule has 0 aliphatic rings. The zero-order chi connectivity index (χ0) is 12.8. The third-order valence-electron chi connectivity index (χ3n) is 2.25. The molecule has 0 atom stereocenters. The van der Waals surface area contributed by atoms with E-state index in [1.165, 1.54) is 12.3 Å². The lowest BCUT2D eigenvalue weighted by Crippen LogP contribution is -2.31. The van der Waals surface area contributed by atoms with Gasteiger partial charge in [-0.15, -0.1) is 0 Å². The number of hydrogen-bond donors (Lipinski definition) is 4.